The highest BCUT2D eigenvalue weighted by Crippen LogP contribution is 2.69. The largest absolute Gasteiger partial charge is 0.377 e. The van der Waals surface area contributed by atoms with Crippen LogP contribution in [0.5, 0.6) is 0 Å². The Labute approximate surface area is 142 Å². The second kappa shape index (κ2) is 5.48. The van der Waals surface area contributed by atoms with E-state index in [1.165, 1.54) is 6.42 Å². The van der Waals surface area contributed by atoms with Crippen molar-refractivity contribution in [3.8, 4) is 11.8 Å². The summed E-state index contributed by atoms with van der Waals surface area (Å²) in [6.07, 6.45) is 3.85. The van der Waals surface area contributed by atoms with E-state index in [-0.39, 0.29) is 16.4 Å². The first kappa shape index (κ1) is 18.8. The number of hydrogen-bond acceptors (Lipinski definition) is 3. The van der Waals surface area contributed by atoms with Crippen LogP contribution in [0.3, 0.4) is 0 Å². The zero-order valence-corrected chi connectivity index (χ0v) is 16.2. The molecule has 2 aliphatic carbocycles. The summed E-state index contributed by atoms with van der Waals surface area (Å²) in [4.78, 5) is 11.1. The summed E-state index contributed by atoms with van der Waals surface area (Å²) in [6, 6.07) is 0. The van der Waals surface area contributed by atoms with E-state index in [0.29, 0.717) is 5.92 Å². The molecule has 3 nitrogen and oxygen atoms in total. The maximum atomic E-state index is 11.2. The van der Waals surface area contributed by atoms with Gasteiger partial charge in [0, 0.05) is 5.41 Å². The van der Waals surface area contributed by atoms with Crippen LogP contribution in [0.1, 0.15) is 81.1 Å². The Morgan fingerprint density at radius 3 is 2.17 bits per heavy atom. The van der Waals surface area contributed by atoms with Gasteiger partial charge in [-0.2, -0.15) is 0 Å². The Kier molecular flexibility index (Phi) is 4.47. The Morgan fingerprint density at radius 1 is 1.13 bits per heavy atom. The van der Waals surface area contributed by atoms with E-state index >= 15 is 0 Å². The third-order valence-corrected chi connectivity index (χ3v) is 6.79. The predicted octanol–water partition coefficient (Wildman–Crippen LogP) is 4.48. The van der Waals surface area contributed by atoms with Gasteiger partial charge in [0.25, 0.3) is 0 Å². The molecule has 3 heteroatoms. The minimum Gasteiger partial charge on any atom is -0.377 e. The molecule has 0 unspecified atom stereocenters. The molecule has 0 aromatic rings. The molecule has 0 radical (unpaired) electrons. The summed E-state index contributed by atoms with van der Waals surface area (Å²) >= 11 is 0. The molecule has 2 fully saturated rings. The molecule has 2 bridgehead atoms. The summed E-state index contributed by atoms with van der Waals surface area (Å²) in [7, 11) is 0. The molecule has 0 spiro atoms. The highest BCUT2D eigenvalue weighted by molar-refractivity contribution is 5.31. The van der Waals surface area contributed by atoms with Crippen LogP contribution >= 0.6 is 0 Å². The van der Waals surface area contributed by atoms with Crippen molar-refractivity contribution in [2.45, 2.75) is 97.9 Å². The maximum Gasteiger partial charge on any atom is 0.158 e. The molecule has 2 saturated carbocycles. The van der Waals surface area contributed by atoms with E-state index in [2.05, 4.69) is 39.5 Å². The molecule has 2 rings (SSSR count). The van der Waals surface area contributed by atoms with Gasteiger partial charge in [0.1, 0.15) is 5.60 Å². The molecule has 0 aromatic heterocycles. The number of aliphatic hydroxyl groups is 1. The van der Waals surface area contributed by atoms with Crippen molar-refractivity contribution in [1.29, 1.82) is 0 Å². The van der Waals surface area contributed by atoms with Crippen LogP contribution in [-0.4, -0.2) is 21.9 Å². The van der Waals surface area contributed by atoms with Crippen molar-refractivity contribution in [2.24, 2.45) is 16.7 Å². The molecular weight excluding hydrogens is 288 g/mol. The van der Waals surface area contributed by atoms with Gasteiger partial charge in [0.15, 0.2) is 5.60 Å². The van der Waals surface area contributed by atoms with Crippen LogP contribution in [0.4, 0.5) is 0 Å². The van der Waals surface area contributed by atoms with Crippen LogP contribution in [-0.2, 0) is 9.78 Å². The minimum absolute atomic E-state index is 0.127. The molecule has 0 saturated heterocycles. The van der Waals surface area contributed by atoms with Crippen LogP contribution in [0.2, 0.25) is 0 Å². The van der Waals surface area contributed by atoms with Crippen LogP contribution in [0.15, 0.2) is 0 Å². The van der Waals surface area contributed by atoms with Crippen molar-refractivity contribution in [1.82, 2.24) is 0 Å². The zero-order valence-electron chi connectivity index (χ0n) is 16.2. The van der Waals surface area contributed by atoms with Crippen molar-refractivity contribution in [2.75, 3.05) is 0 Å². The van der Waals surface area contributed by atoms with Crippen LogP contribution < -0.4 is 0 Å². The topological polar surface area (TPSA) is 38.7 Å². The summed E-state index contributed by atoms with van der Waals surface area (Å²) < 4.78 is 0. The summed E-state index contributed by atoms with van der Waals surface area (Å²) in [6.45, 7) is 16.6. The minimum atomic E-state index is -0.930. The van der Waals surface area contributed by atoms with E-state index in [1.807, 2.05) is 27.7 Å². The van der Waals surface area contributed by atoms with Crippen molar-refractivity contribution in [3.63, 3.8) is 0 Å². The number of rotatable bonds is 4. The van der Waals surface area contributed by atoms with Gasteiger partial charge in [-0.1, -0.05) is 39.5 Å². The molecule has 3 atom stereocenters. The molecule has 0 amide bonds. The fourth-order valence-electron chi connectivity index (χ4n) is 4.01. The van der Waals surface area contributed by atoms with Crippen LogP contribution in [0, 0.1) is 28.6 Å². The first-order valence-corrected chi connectivity index (χ1v) is 8.92. The Hall–Kier alpha value is -0.560. The van der Waals surface area contributed by atoms with Gasteiger partial charge >= 0.3 is 0 Å². The van der Waals surface area contributed by atoms with Crippen molar-refractivity contribution < 1.29 is 14.9 Å². The van der Waals surface area contributed by atoms with Gasteiger partial charge in [-0.05, 0) is 64.7 Å². The smallest absolute Gasteiger partial charge is 0.158 e. The molecule has 0 aliphatic heterocycles. The molecule has 0 heterocycles. The average molecular weight is 322 g/mol. The lowest BCUT2D eigenvalue weighted by Gasteiger charge is -2.42. The van der Waals surface area contributed by atoms with E-state index in [1.54, 1.807) is 0 Å². The SMILES string of the molecule is CCC(C)(C)OOC(C)(C)C#C[C@@]1(O)C[C@H]2CC[C@]1(C)C2(C)C. The molecule has 0 aromatic carbocycles. The Bertz CT molecular complexity index is 523. The first-order chi connectivity index (χ1) is 10.3. The first-order valence-electron chi connectivity index (χ1n) is 8.92. The van der Waals surface area contributed by atoms with E-state index < -0.39 is 11.2 Å². The van der Waals surface area contributed by atoms with Gasteiger partial charge in [-0.15, -0.1) is 0 Å². The highest BCUT2D eigenvalue weighted by Gasteiger charge is 2.68. The summed E-state index contributed by atoms with van der Waals surface area (Å²) in [5.74, 6) is 6.87. The molecule has 1 N–H and O–H groups in total. The van der Waals surface area contributed by atoms with Crippen LogP contribution in [0.25, 0.3) is 0 Å². The van der Waals surface area contributed by atoms with E-state index in [9.17, 15) is 5.11 Å². The number of fused-ring (bicyclic) bond motifs is 2. The van der Waals surface area contributed by atoms with Gasteiger partial charge in [-0.25, -0.2) is 9.78 Å². The Morgan fingerprint density at radius 2 is 1.74 bits per heavy atom. The predicted molar refractivity (Wildman–Crippen MR) is 92.6 cm³/mol. The lowest BCUT2D eigenvalue weighted by atomic mass is 9.64. The number of hydrogen-bond donors (Lipinski definition) is 1. The third kappa shape index (κ3) is 3.06. The monoisotopic (exact) mass is 322 g/mol. The zero-order chi connectivity index (χ0) is 17.7. The fraction of sp³-hybridized carbons (Fsp3) is 0.900. The molecular formula is C20H34O3. The van der Waals surface area contributed by atoms with E-state index in [4.69, 9.17) is 9.78 Å². The second-order valence-corrected chi connectivity index (χ2v) is 9.39. The average Bonchev–Trinajstić information content (AvgIpc) is 2.76. The lowest BCUT2D eigenvalue weighted by Crippen LogP contribution is -2.46. The van der Waals surface area contributed by atoms with Gasteiger partial charge in [-0.3, -0.25) is 0 Å². The maximum absolute atomic E-state index is 11.2. The fourth-order valence-corrected chi connectivity index (χ4v) is 4.01. The highest BCUT2D eigenvalue weighted by atomic mass is 17.2. The van der Waals surface area contributed by atoms with Gasteiger partial charge < -0.3 is 5.11 Å². The standard InChI is InChI=1S/C20H34O3/c1-9-16(2,3)22-23-17(4,5)12-13-20(21)14-15-10-11-19(20,8)18(15,6)7/h15,21H,9-11,14H2,1-8H3/t15-,19-,20-/m1/s1. The quantitative estimate of drug-likeness (QED) is 0.471. The summed E-state index contributed by atoms with van der Waals surface area (Å²) in [5, 5.41) is 11.2. The van der Waals surface area contributed by atoms with E-state index in [0.717, 1.165) is 19.3 Å². The normalized spacial score (nSPS) is 36.0. The van der Waals surface area contributed by atoms with Gasteiger partial charge in [0.05, 0.1) is 5.60 Å². The third-order valence-electron chi connectivity index (χ3n) is 6.79. The van der Waals surface area contributed by atoms with Gasteiger partial charge in [0.2, 0.25) is 0 Å². The van der Waals surface area contributed by atoms with Crippen molar-refractivity contribution >= 4 is 0 Å². The molecule has 2 aliphatic rings. The second-order valence-electron chi connectivity index (χ2n) is 9.39. The molecule has 132 valence electrons. The Balaban J connectivity index is 2.15. The molecule has 23 heavy (non-hydrogen) atoms. The lowest BCUT2D eigenvalue weighted by molar-refractivity contribution is -0.388. The van der Waals surface area contributed by atoms with Crippen molar-refractivity contribution in [3.05, 3.63) is 0 Å². The summed E-state index contributed by atoms with van der Waals surface area (Å²) in [5.41, 5.74) is -2.04.